The number of carbonyl (C=O) groups is 2. The van der Waals surface area contributed by atoms with Gasteiger partial charge in [-0.2, -0.15) is 0 Å². The number of para-hydroxylation sites is 1. The third kappa shape index (κ3) is 4.33. The summed E-state index contributed by atoms with van der Waals surface area (Å²) in [6.07, 6.45) is 0. The average Bonchev–Trinajstić information content (AvgIpc) is 2.45. The lowest BCUT2D eigenvalue weighted by Crippen LogP contribution is -2.36. The fourth-order valence-electron chi connectivity index (χ4n) is 1.89. The van der Waals surface area contributed by atoms with Crippen molar-refractivity contribution in [3.05, 3.63) is 59.6 Å². The van der Waals surface area contributed by atoms with Crippen LogP contribution in [0.25, 0.3) is 0 Å². The molecule has 0 heterocycles. The second-order valence-electron chi connectivity index (χ2n) is 4.50. The summed E-state index contributed by atoms with van der Waals surface area (Å²) in [5.41, 5.74) is 1.29. The van der Waals surface area contributed by atoms with E-state index >= 15 is 0 Å². The zero-order valence-electron chi connectivity index (χ0n) is 11.5. The third-order valence-corrected chi connectivity index (χ3v) is 3.09. The van der Waals surface area contributed by atoms with Crippen LogP contribution in [0.3, 0.4) is 0 Å². The Labute approximate surface area is 128 Å². The molecular formula is C16H15ClN2O2. The molecule has 4 nitrogen and oxygen atoms in total. The predicted molar refractivity (Wildman–Crippen MR) is 84.6 cm³/mol. The summed E-state index contributed by atoms with van der Waals surface area (Å²) in [4.78, 5) is 25.2. The van der Waals surface area contributed by atoms with E-state index in [0.717, 1.165) is 0 Å². The van der Waals surface area contributed by atoms with Crippen LogP contribution in [0.1, 0.15) is 6.92 Å². The van der Waals surface area contributed by atoms with E-state index in [1.807, 2.05) is 18.2 Å². The zero-order chi connectivity index (χ0) is 15.2. The summed E-state index contributed by atoms with van der Waals surface area (Å²) in [7, 11) is 0. The van der Waals surface area contributed by atoms with Crippen molar-refractivity contribution in [1.29, 1.82) is 0 Å². The predicted octanol–water partition coefficient (Wildman–Crippen LogP) is 3.33. The topological polar surface area (TPSA) is 49.4 Å². The van der Waals surface area contributed by atoms with E-state index in [9.17, 15) is 9.59 Å². The molecule has 0 aromatic heterocycles. The monoisotopic (exact) mass is 302 g/mol. The fraction of sp³-hybridized carbons (Fsp3) is 0.125. The summed E-state index contributed by atoms with van der Waals surface area (Å²) in [5.74, 6) is -0.489. The van der Waals surface area contributed by atoms with E-state index in [1.165, 1.54) is 11.8 Å². The lowest BCUT2D eigenvalue weighted by atomic mass is 10.2. The minimum Gasteiger partial charge on any atom is -0.325 e. The highest BCUT2D eigenvalue weighted by molar-refractivity contribution is 6.31. The molecular weight excluding hydrogens is 288 g/mol. The van der Waals surface area contributed by atoms with Gasteiger partial charge < -0.3 is 10.2 Å². The molecule has 5 heteroatoms. The average molecular weight is 303 g/mol. The van der Waals surface area contributed by atoms with Gasteiger partial charge in [0.15, 0.2) is 0 Å². The van der Waals surface area contributed by atoms with Gasteiger partial charge in [0.25, 0.3) is 0 Å². The minimum absolute atomic E-state index is 0.0649. The Balaban J connectivity index is 2.10. The number of amides is 2. The van der Waals surface area contributed by atoms with Gasteiger partial charge in [0.1, 0.15) is 6.54 Å². The molecule has 0 fully saturated rings. The fourth-order valence-corrected chi connectivity index (χ4v) is 2.08. The molecule has 2 amide bonds. The molecule has 21 heavy (non-hydrogen) atoms. The van der Waals surface area contributed by atoms with Gasteiger partial charge in [0.2, 0.25) is 11.8 Å². The van der Waals surface area contributed by atoms with Gasteiger partial charge in [-0.15, -0.1) is 0 Å². The van der Waals surface area contributed by atoms with Crippen LogP contribution in [0.4, 0.5) is 11.4 Å². The molecule has 0 unspecified atom stereocenters. The first-order valence-corrected chi connectivity index (χ1v) is 6.82. The summed E-state index contributed by atoms with van der Waals surface area (Å²) in [6, 6.07) is 15.9. The molecule has 0 aliphatic heterocycles. The standard InChI is InChI=1S/C16H15ClN2O2/c1-12(20)19(15-9-5-6-13(17)10-15)11-16(21)18-14-7-3-2-4-8-14/h2-10H,11H2,1H3,(H,18,21). The van der Waals surface area contributed by atoms with Gasteiger partial charge >= 0.3 is 0 Å². The number of hydrogen-bond acceptors (Lipinski definition) is 2. The Hall–Kier alpha value is -2.33. The Morgan fingerprint density at radius 2 is 1.81 bits per heavy atom. The van der Waals surface area contributed by atoms with Crippen LogP contribution in [0.2, 0.25) is 5.02 Å². The highest BCUT2D eigenvalue weighted by Gasteiger charge is 2.16. The van der Waals surface area contributed by atoms with Gasteiger partial charge in [-0.1, -0.05) is 35.9 Å². The molecule has 0 aliphatic carbocycles. The van der Waals surface area contributed by atoms with Crippen LogP contribution in [0.5, 0.6) is 0 Å². The van der Waals surface area contributed by atoms with Crippen LogP contribution in [0, 0.1) is 0 Å². The van der Waals surface area contributed by atoms with Crippen molar-refractivity contribution in [2.75, 3.05) is 16.8 Å². The quantitative estimate of drug-likeness (QED) is 0.942. The highest BCUT2D eigenvalue weighted by atomic mass is 35.5. The Kier molecular flexibility index (Phi) is 4.95. The van der Waals surface area contributed by atoms with E-state index in [0.29, 0.717) is 16.4 Å². The van der Waals surface area contributed by atoms with Gasteiger partial charge in [0.05, 0.1) is 0 Å². The Morgan fingerprint density at radius 3 is 2.43 bits per heavy atom. The number of nitrogens with zero attached hydrogens (tertiary/aromatic N) is 1. The third-order valence-electron chi connectivity index (χ3n) is 2.86. The molecule has 0 radical (unpaired) electrons. The van der Waals surface area contributed by atoms with Gasteiger partial charge in [-0.05, 0) is 30.3 Å². The van der Waals surface area contributed by atoms with Crippen molar-refractivity contribution in [1.82, 2.24) is 0 Å². The van der Waals surface area contributed by atoms with Crippen LogP contribution in [-0.4, -0.2) is 18.4 Å². The molecule has 0 saturated carbocycles. The number of rotatable bonds is 4. The lowest BCUT2D eigenvalue weighted by molar-refractivity contribution is -0.120. The van der Waals surface area contributed by atoms with Gasteiger partial charge in [-0.25, -0.2) is 0 Å². The molecule has 0 spiro atoms. The van der Waals surface area contributed by atoms with Crippen molar-refractivity contribution in [3.63, 3.8) is 0 Å². The van der Waals surface area contributed by atoms with E-state index in [4.69, 9.17) is 11.6 Å². The zero-order valence-corrected chi connectivity index (χ0v) is 12.3. The lowest BCUT2D eigenvalue weighted by Gasteiger charge is -2.20. The SMILES string of the molecule is CC(=O)N(CC(=O)Nc1ccccc1)c1cccc(Cl)c1. The maximum Gasteiger partial charge on any atom is 0.244 e. The Morgan fingerprint density at radius 1 is 1.10 bits per heavy atom. The normalized spacial score (nSPS) is 10.0. The molecule has 2 aromatic rings. The maximum atomic E-state index is 12.0. The molecule has 108 valence electrons. The smallest absolute Gasteiger partial charge is 0.244 e. The van der Waals surface area contributed by atoms with E-state index in [2.05, 4.69) is 5.32 Å². The first kappa shape index (κ1) is 15.1. The molecule has 0 bridgehead atoms. The second kappa shape index (κ2) is 6.90. The van der Waals surface area contributed by atoms with E-state index < -0.39 is 0 Å². The number of anilines is 2. The molecule has 0 atom stereocenters. The number of hydrogen-bond donors (Lipinski definition) is 1. The molecule has 1 N–H and O–H groups in total. The molecule has 0 saturated heterocycles. The van der Waals surface area contributed by atoms with Crippen molar-refractivity contribution in [2.24, 2.45) is 0 Å². The number of benzene rings is 2. The van der Waals surface area contributed by atoms with Crippen molar-refractivity contribution in [3.8, 4) is 0 Å². The second-order valence-corrected chi connectivity index (χ2v) is 4.94. The van der Waals surface area contributed by atoms with Crippen molar-refractivity contribution < 1.29 is 9.59 Å². The first-order chi connectivity index (χ1) is 10.1. The van der Waals surface area contributed by atoms with Crippen LogP contribution in [-0.2, 0) is 9.59 Å². The maximum absolute atomic E-state index is 12.0. The molecule has 2 rings (SSSR count). The van der Waals surface area contributed by atoms with E-state index in [1.54, 1.807) is 36.4 Å². The number of nitrogens with one attached hydrogen (secondary N) is 1. The summed E-state index contributed by atoms with van der Waals surface area (Å²) in [6.45, 7) is 1.35. The van der Waals surface area contributed by atoms with Gasteiger partial charge in [0, 0.05) is 23.3 Å². The number of carbonyl (C=O) groups excluding carboxylic acids is 2. The van der Waals surface area contributed by atoms with Crippen LogP contribution in [0.15, 0.2) is 54.6 Å². The summed E-state index contributed by atoms with van der Waals surface area (Å²) < 4.78 is 0. The van der Waals surface area contributed by atoms with Crippen LogP contribution < -0.4 is 10.2 Å². The largest absolute Gasteiger partial charge is 0.325 e. The highest BCUT2D eigenvalue weighted by Crippen LogP contribution is 2.19. The summed E-state index contributed by atoms with van der Waals surface area (Å²) in [5, 5.41) is 3.26. The first-order valence-electron chi connectivity index (χ1n) is 6.45. The Bertz CT molecular complexity index is 644. The van der Waals surface area contributed by atoms with Crippen molar-refractivity contribution >= 4 is 34.8 Å². The van der Waals surface area contributed by atoms with E-state index in [-0.39, 0.29) is 18.4 Å². The van der Waals surface area contributed by atoms with Gasteiger partial charge in [-0.3, -0.25) is 9.59 Å². The minimum atomic E-state index is -0.267. The van der Waals surface area contributed by atoms with Crippen LogP contribution >= 0.6 is 11.6 Å². The molecule has 0 aliphatic rings. The molecule has 2 aromatic carbocycles. The summed E-state index contributed by atoms with van der Waals surface area (Å²) >= 11 is 5.92. The van der Waals surface area contributed by atoms with Crippen molar-refractivity contribution in [2.45, 2.75) is 6.92 Å². The number of halogens is 1.